The lowest BCUT2D eigenvalue weighted by atomic mass is 10.2. The van der Waals surface area contributed by atoms with E-state index in [2.05, 4.69) is 15.4 Å². The van der Waals surface area contributed by atoms with Gasteiger partial charge in [-0.3, -0.25) is 4.79 Å². The number of hydrogen-bond acceptors (Lipinski definition) is 6. The molecular formula is C20H23N5O3S2. The van der Waals surface area contributed by atoms with E-state index in [0.717, 1.165) is 15.6 Å². The highest BCUT2D eigenvalue weighted by Crippen LogP contribution is 2.25. The standard InChI is InChI=1S/C20H23N5O3S2/c1-14-10-11-17(30(27,28)24(3)4)12-18(14)22-19(26)15(2)29-20-21-13-25(23-20)16-8-6-5-7-9-16/h5-13,15H,1-4H3,(H,22,26). The second-order valence-corrected chi connectivity index (χ2v) is 10.3. The van der Waals surface area contributed by atoms with Crippen LogP contribution in [0.25, 0.3) is 5.69 Å². The zero-order chi connectivity index (χ0) is 21.9. The molecule has 0 aliphatic rings. The molecule has 158 valence electrons. The first-order chi connectivity index (χ1) is 14.2. The van der Waals surface area contributed by atoms with Crippen LogP contribution in [0.3, 0.4) is 0 Å². The van der Waals surface area contributed by atoms with E-state index in [9.17, 15) is 13.2 Å². The van der Waals surface area contributed by atoms with Crippen molar-refractivity contribution < 1.29 is 13.2 Å². The molecule has 3 rings (SSSR count). The summed E-state index contributed by atoms with van der Waals surface area (Å²) >= 11 is 1.23. The lowest BCUT2D eigenvalue weighted by molar-refractivity contribution is -0.115. The third-order valence-electron chi connectivity index (χ3n) is 4.39. The van der Waals surface area contributed by atoms with Crippen LogP contribution in [0.1, 0.15) is 12.5 Å². The molecule has 1 N–H and O–H groups in total. The number of aromatic nitrogens is 3. The Morgan fingerprint density at radius 3 is 2.53 bits per heavy atom. The average molecular weight is 446 g/mol. The molecule has 10 heteroatoms. The molecule has 0 saturated carbocycles. The quantitative estimate of drug-likeness (QED) is 0.562. The van der Waals surface area contributed by atoms with Gasteiger partial charge in [-0.15, -0.1) is 5.10 Å². The summed E-state index contributed by atoms with van der Waals surface area (Å²) < 4.78 is 27.5. The molecule has 0 saturated heterocycles. The van der Waals surface area contributed by atoms with Gasteiger partial charge in [0.25, 0.3) is 0 Å². The molecule has 30 heavy (non-hydrogen) atoms. The molecule has 0 spiro atoms. The molecular weight excluding hydrogens is 422 g/mol. The second kappa shape index (κ2) is 8.99. The van der Waals surface area contributed by atoms with Crippen molar-refractivity contribution in [1.29, 1.82) is 0 Å². The Kier molecular flexibility index (Phi) is 6.59. The van der Waals surface area contributed by atoms with E-state index in [1.54, 1.807) is 24.0 Å². The van der Waals surface area contributed by atoms with Crippen LogP contribution in [0, 0.1) is 6.92 Å². The highest BCUT2D eigenvalue weighted by atomic mass is 32.2. The minimum absolute atomic E-state index is 0.122. The number of carbonyl (C=O) groups is 1. The van der Waals surface area contributed by atoms with Crippen molar-refractivity contribution >= 4 is 33.4 Å². The first-order valence-electron chi connectivity index (χ1n) is 9.16. The van der Waals surface area contributed by atoms with E-state index in [1.807, 2.05) is 37.3 Å². The number of carbonyl (C=O) groups excluding carboxylic acids is 1. The fourth-order valence-corrected chi connectivity index (χ4v) is 4.21. The largest absolute Gasteiger partial charge is 0.325 e. The van der Waals surface area contributed by atoms with Crippen molar-refractivity contribution in [3.8, 4) is 5.69 Å². The SMILES string of the molecule is Cc1ccc(S(=O)(=O)N(C)C)cc1NC(=O)C(C)Sc1ncn(-c2ccccc2)n1. The summed E-state index contributed by atoms with van der Waals surface area (Å²) in [6.07, 6.45) is 1.60. The van der Waals surface area contributed by atoms with E-state index >= 15 is 0 Å². The van der Waals surface area contributed by atoms with Gasteiger partial charge in [0, 0.05) is 19.8 Å². The van der Waals surface area contributed by atoms with Crippen molar-refractivity contribution in [2.45, 2.75) is 29.1 Å². The van der Waals surface area contributed by atoms with Gasteiger partial charge < -0.3 is 5.32 Å². The van der Waals surface area contributed by atoms with Gasteiger partial charge in [-0.25, -0.2) is 22.4 Å². The van der Waals surface area contributed by atoms with Gasteiger partial charge in [0.1, 0.15) is 6.33 Å². The first kappa shape index (κ1) is 22.0. The normalized spacial score (nSPS) is 12.7. The number of sulfonamides is 1. The van der Waals surface area contributed by atoms with E-state index in [-0.39, 0.29) is 10.8 Å². The fourth-order valence-electron chi connectivity index (χ4n) is 2.56. The zero-order valence-corrected chi connectivity index (χ0v) is 18.7. The van der Waals surface area contributed by atoms with E-state index in [1.165, 1.54) is 38.0 Å². The number of amides is 1. The van der Waals surface area contributed by atoms with Gasteiger partial charge in [0.05, 0.1) is 15.8 Å². The third kappa shape index (κ3) is 4.89. The van der Waals surface area contributed by atoms with E-state index < -0.39 is 15.3 Å². The van der Waals surface area contributed by atoms with Crippen molar-refractivity contribution in [2.75, 3.05) is 19.4 Å². The first-order valence-corrected chi connectivity index (χ1v) is 11.5. The third-order valence-corrected chi connectivity index (χ3v) is 7.17. The Morgan fingerprint density at radius 1 is 1.17 bits per heavy atom. The van der Waals surface area contributed by atoms with Crippen LogP contribution < -0.4 is 5.32 Å². The minimum atomic E-state index is -3.59. The van der Waals surface area contributed by atoms with Gasteiger partial charge in [-0.2, -0.15) is 0 Å². The second-order valence-electron chi connectivity index (χ2n) is 6.82. The number of anilines is 1. The molecule has 1 unspecified atom stereocenters. The van der Waals surface area contributed by atoms with Crippen LogP contribution in [-0.2, 0) is 14.8 Å². The summed E-state index contributed by atoms with van der Waals surface area (Å²) in [6, 6.07) is 14.2. The molecule has 0 aliphatic heterocycles. The molecule has 2 aromatic carbocycles. The molecule has 8 nitrogen and oxygen atoms in total. The van der Waals surface area contributed by atoms with Gasteiger partial charge in [-0.05, 0) is 43.7 Å². The molecule has 0 aliphatic carbocycles. The number of hydrogen-bond donors (Lipinski definition) is 1. The lowest BCUT2D eigenvalue weighted by Crippen LogP contribution is -2.24. The van der Waals surface area contributed by atoms with Crippen molar-refractivity contribution in [3.05, 3.63) is 60.4 Å². The minimum Gasteiger partial charge on any atom is -0.325 e. The van der Waals surface area contributed by atoms with Crippen LogP contribution in [0.4, 0.5) is 5.69 Å². The molecule has 0 bridgehead atoms. The molecule has 1 amide bonds. The molecule has 0 radical (unpaired) electrons. The highest BCUT2D eigenvalue weighted by molar-refractivity contribution is 8.00. The van der Waals surface area contributed by atoms with Crippen LogP contribution in [0.15, 0.2) is 64.9 Å². The summed E-state index contributed by atoms with van der Waals surface area (Å²) in [5.74, 6) is -0.265. The maximum atomic E-state index is 12.7. The van der Waals surface area contributed by atoms with Gasteiger partial charge >= 0.3 is 0 Å². The predicted octanol–water partition coefficient (Wildman–Crippen LogP) is 2.95. The van der Waals surface area contributed by atoms with Gasteiger partial charge in [0.2, 0.25) is 21.1 Å². The summed E-state index contributed by atoms with van der Waals surface area (Å²) in [5.41, 5.74) is 2.10. The maximum Gasteiger partial charge on any atom is 0.242 e. The number of nitrogens with one attached hydrogen (secondary N) is 1. The van der Waals surface area contributed by atoms with Crippen LogP contribution in [0.2, 0.25) is 0 Å². The Bertz CT molecular complexity index is 1140. The van der Waals surface area contributed by atoms with Crippen molar-refractivity contribution in [2.24, 2.45) is 0 Å². The summed E-state index contributed by atoms with van der Waals surface area (Å²) in [7, 11) is -0.658. The summed E-state index contributed by atoms with van der Waals surface area (Å²) in [4.78, 5) is 17.1. The number of aryl methyl sites for hydroxylation is 1. The monoisotopic (exact) mass is 445 g/mol. The zero-order valence-electron chi connectivity index (χ0n) is 17.1. The Morgan fingerprint density at radius 2 is 1.87 bits per heavy atom. The Labute approximate surface area is 180 Å². The molecule has 1 atom stereocenters. The molecule has 1 heterocycles. The fraction of sp³-hybridized carbons (Fsp3) is 0.250. The van der Waals surface area contributed by atoms with E-state index in [0.29, 0.717) is 10.8 Å². The Hall–Kier alpha value is -2.69. The van der Waals surface area contributed by atoms with Crippen LogP contribution >= 0.6 is 11.8 Å². The van der Waals surface area contributed by atoms with E-state index in [4.69, 9.17) is 0 Å². The molecule has 0 fully saturated rings. The number of benzene rings is 2. The van der Waals surface area contributed by atoms with Gasteiger partial charge in [0.15, 0.2) is 0 Å². The number of rotatable bonds is 7. The van der Waals surface area contributed by atoms with Crippen LogP contribution in [-0.4, -0.2) is 52.7 Å². The predicted molar refractivity (Wildman–Crippen MR) is 117 cm³/mol. The smallest absolute Gasteiger partial charge is 0.242 e. The number of nitrogens with zero attached hydrogens (tertiary/aromatic N) is 4. The lowest BCUT2D eigenvalue weighted by Gasteiger charge is -2.15. The van der Waals surface area contributed by atoms with Crippen molar-refractivity contribution in [1.82, 2.24) is 19.1 Å². The van der Waals surface area contributed by atoms with Gasteiger partial charge in [-0.1, -0.05) is 36.0 Å². The Balaban J connectivity index is 1.71. The average Bonchev–Trinajstić information content (AvgIpc) is 3.18. The molecule has 3 aromatic rings. The number of para-hydroxylation sites is 1. The number of thioether (sulfide) groups is 1. The van der Waals surface area contributed by atoms with Crippen LogP contribution in [0.5, 0.6) is 0 Å². The highest BCUT2D eigenvalue weighted by Gasteiger charge is 2.21. The summed E-state index contributed by atoms with van der Waals surface area (Å²) in [5, 5.41) is 7.20. The summed E-state index contributed by atoms with van der Waals surface area (Å²) in [6.45, 7) is 3.56. The topological polar surface area (TPSA) is 97.2 Å². The van der Waals surface area contributed by atoms with Crippen molar-refractivity contribution in [3.63, 3.8) is 0 Å². The molecule has 1 aromatic heterocycles. The maximum absolute atomic E-state index is 12.7.